The van der Waals surface area contributed by atoms with Gasteiger partial charge in [0.15, 0.2) is 0 Å². The lowest BCUT2D eigenvalue weighted by molar-refractivity contribution is 0.0938. The summed E-state index contributed by atoms with van der Waals surface area (Å²) in [5.74, 6) is 1.55. The number of carbonyl (C=O) groups excluding carboxylic acids is 1. The van der Waals surface area contributed by atoms with Gasteiger partial charge in [-0.05, 0) is 56.2 Å². The summed E-state index contributed by atoms with van der Waals surface area (Å²) in [6.07, 6.45) is 4.63. The van der Waals surface area contributed by atoms with Crippen LogP contribution in [0.25, 0.3) is 0 Å². The van der Waals surface area contributed by atoms with Crippen LogP contribution in [0.4, 0.5) is 0 Å². The molecule has 0 radical (unpaired) electrons. The number of rotatable bonds is 4. The minimum Gasteiger partial charge on any atom is -0.457 e. The van der Waals surface area contributed by atoms with Crippen molar-refractivity contribution in [3.8, 4) is 11.5 Å². The lowest BCUT2D eigenvalue weighted by atomic mass is 10.1. The minimum absolute atomic E-state index is 0.00814. The number of aryl methyl sites for hydroxylation is 1. The van der Waals surface area contributed by atoms with Gasteiger partial charge in [0.2, 0.25) is 0 Å². The van der Waals surface area contributed by atoms with E-state index in [1.807, 2.05) is 55.5 Å². The molecule has 2 aromatic carbocycles. The predicted molar refractivity (Wildman–Crippen MR) is 87.4 cm³/mol. The van der Waals surface area contributed by atoms with Crippen LogP contribution in [-0.2, 0) is 0 Å². The number of hydrogen-bond acceptors (Lipinski definition) is 2. The molecule has 3 heteroatoms. The monoisotopic (exact) mass is 295 g/mol. The third-order valence-electron chi connectivity index (χ3n) is 4.06. The fourth-order valence-electron chi connectivity index (χ4n) is 2.76. The van der Waals surface area contributed by atoms with Crippen LogP contribution >= 0.6 is 0 Å². The quantitative estimate of drug-likeness (QED) is 0.904. The molecule has 1 saturated carbocycles. The van der Waals surface area contributed by atoms with Gasteiger partial charge in [0.05, 0.1) is 0 Å². The molecule has 0 unspecified atom stereocenters. The number of hydrogen-bond donors (Lipinski definition) is 1. The molecule has 114 valence electrons. The van der Waals surface area contributed by atoms with Crippen molar-refractivity contribution in [1.29, 1.82) is 0 Å². The Hall–Kier alpha value is -2.29. The molecular weight excluding hydrogens is 274 g/mol. The first-order valence-corrected chi connectivity index (χ1v) is 7.86. The molecule has 22 heavy (non-hydrogen) atoms. The Balaban J connectivity index is 1.61. The molecule has 0 atom stereocenters. The van der Waals surface area contributed by atoms with Gasteiger partial charge < -0.3 is 10.1 Å². The Morgan fingerprint density at radius 3 is 2.09 bits per heavy atom. The Bertz CT molecular complexity index is 625. The molecule has 3 nitrogen and oxygen atoms in total. The summed E-state index contributed by atoms with van der Waals surface area (Å²) >= 11 is 0. The second-order valence-corrected chi connectivity index (χ2v) is 5.89. The van der Waals surface area contributed by atoms with Crippen molar-refractivity contribution in [2.45, 2.75) is 38.6 Å². The summed E-state index contributed by atoms with van der Waals surface area (Å²) in [6, 6.07) is 15.5. The molecule has 3 rings (SSSR count). The fourth-order valence-corrected chi connectivity index (χ4v) is 2.76. The largest absolute Gasteiger partial charge is 0.457 e. The molecule has 1 aliphatic rings. The third-order valence-corrected chi connectivity index (χ3v) is 4.06. The number of nitrogens with one attached hydrogen (secondary N) is 1. The SMILES string of the molecule is Cc1ccc(Oc2ccc(C(=O)NC3CCCC3)cc2)cc1. The highest BCUT2D eigenvalue weighted by atomic mass is 16.5. The summed E-state index contributed by atoms with van der Waals surface area (Å²) in [5, 5.41) is 3.09. The van der Waals surface area contributed by atoms with E-state index in [1.165, 1.54) is 18.4 Å². The smallest absolute Gasteiger partial charge is 0.251 e. The van der Waals surface area contributed by atoms with Crippen molar-refractivity contribution in [3.63, 3.8) is 0 Å². The molecule has 0 spiro atoms. The first-order chi connectivity index (χ1) is 10.7. The highest BCUT2D eigenvalue weighted by Crippen LogP contribution is 2.22. The molecule has 1 amide bonds. The fraction of sp³-hybridized carbons (Fsp3) is 0.316. The molecule has 0 bridgehead atoms. The average molecular weight is 295 g/mol. The molecule has 0 aromatic heterocycles. The zero-order valence-corrected chi connectivity index (χ0v) is 12.8. The van der Waals surface area contributed by atoms with Gasteiger partial charge in [0.25, 0.3) is 5.91 Å². The highest BCUT2D eigenvalue weighted by molar-refractivity contribution is 5.94. The lowest BCUT2D eigenvalue weighted by Crippen LogP contribution is -2.32. The normalized spacial score (nSPS) is 14.8. The second-order valence-electron chi connectivity index (χ2n) is 5.89. The van der Waals surface area contributed by atoms with Crippen LogP contribution in [0, 0.1) is 6.92 Å². The number of carbonyl (C=O) groups is 1. The molecule has 2 aromatic rings. The Morgan fingerprint density at radius 2 is 1.50 bits per heavy atom. The maximum absolute atomic E-state index is 12.2. The van der Waals surface area contributed by atoms with E-state index in [4.69, 9.17) is 4.74 Å². The van der Waals surface area contributed by atoms with Crippen LogP contribution in [0.5, 0.6) is 11.5 Å². The second kappa shape index (κ2) is 6.65. The van der Waals surface area contributed by atoms with Gasteiger partial charge in [-0.25, -0.2) is 0 Å². The molecule has 1 fully saturated rings. The lowest BCUT2D eigenvalue weighted by Gasteiger charge is -2.12. The van der Waals surface area contributed by atoms with Crippen molar-refractivity contribution < 1.29 is 9.53 Å². The van der Waals surface area contributed by atoms with Gasteiger partial charge in [-0.1, -0.05) is 30.5 Å². The van der Waals surface area contributed by atoms with Gasteiger partial charge in [0, 0.05) is 11.6 Å². The van der Waals surface area contributed by atoms with E-state index in [0.29, 0.717) is 11.6 Å². The van der Waals surface area contributed by atoms with Gasteiger partial charge in [-0.3, -0.25) is 4.79 Å². The summed E-state index contributed by atoms with van der Waals surface area (Å²) in [7, 11) is 0. The van der Waals surface area contributed by atoms with Crippen LogP contribution in [0.3, 0.4) is 0 Å². The van der Waals surface area contributed by atoms with E-state index in [-0.39, 0.29) is 5.91 Å². The van der Waals surface area contributed by atoms with Crippen LogP contribution in [0.1, 0.15) is 41.6 Å². The van der Waals surface area contributed by atoms with Gasteiger partial charge in [-0.15, -0.1) is 0 Å². The van der Waals surface area contributed by atoms with E-state index in [2.05, 4.69) is 5.32 Å². The number of ether oxygens (including phenoxy) is 1. The Morgan fingerprint density at radius 1 is 0.955 bits per heavy atom. The van der Waals surface area contributed by atoms with E-state index in [0.717, 1.165) is 24.3 Å². The zero-order chi connectivity index (χ0) is 15.4. The van der Waals surface area contributed by atoms with E-state index in [9.17, 15) is 4.79 Å². The van der Waals surface area contributed by atoms with Crippen LogP contribution in [0.15, 0.2) is 48.5 Å². The summed E-state index contributed by atoms with van der Waals surface area (Å²) < 4.78 is 5.77. The van der Waals surface area contributed by atoms with E-state index in [1.54, 1.807) is 0 Å². The van der Waals surface area contributed by atoms with Gasteiger partial charge in [-0.2, -0.15) is 0 Å². The molecule has 0 saturated heterocycles. The molecular formula is C19H21NO2. The maximum Gasteiger partial charge on any atom is 0.251 e. The first-order valence-electron chi connectivity index (χ1n) is 7.86. The molecule has 0 heterocycles. The van der Waals surface area contributed by atoms with Gasteiger partial charge in [0.1, 0.15) is 11.5 Å². The Kier molecular flexibility index (Phi) is 4.42. The molecule has 1 aliphatic carbocycles. The maximum atomic E-state index is 12.2. The van der Waals surface area contributed by atoms with E-state index >= 15 is 0 Å². The topological polar surface area (TPSA) is 38.3 Å². The van der Waals surface area contributed by atoms with E-state index < -0.39 is 0 Å². The van der Waals surface area contributed by atoms with Crippen LogP contribution < -0.4 is 10.1 Å². The van der Waals surface area contributed by atoms with Crippen molar-refractivity contribution in [1.82, 2.24) is 5.32 Å². The Labute approximate surface area is 131 Å². The first kappa shape index (κ1) is 14.6. The predicted octanol–water partition coefficient (Wildman–Crippen LogP) is 4.46. The third kappa shape index (κ3) is 3.67. The van der Waals surface area contributed by atoms with Crippen LogP contribution in [0.2, 0.25) is 0 Å². The summed E-state index contributed by atoms with van der Waals surface area (Å²) in [6.45, 7) is 2.04. The molecule has 0 aliphatic heterocycles. The number of benzene rings is 2. The highest BCUT2D eigenvalue weighted by Gasteiger charge is 2.17. The standard InChI is InChI=1S/C19H21NO2/c1-14-6-10-17(11-7-14)22-18-12-8-15(9-13-18)19(21)20-16-4-2-3-5-16/h6-13,16H,2-5H2,1H3,(H,20,21). The van der Waals surface area contributed by atoms with Crippen molar-refractivity contribution in [3.05, 3.63) is 59.7 Å². The van der Waals surface area contributed by atoms with Crippen molar-refractivity contribution in [2.75, 3.05) is 0 Å². The average Bonchev–Trinajstić information content (AvgIpc) is 3.03. The number of amides is 1. The van der Waals surface area contributed by atoms with Crippen molar-refractivity contribution in [2.24, 2.45) is 0 Å². The van der Waals surface area contributed by atoms with Gasteiger partial charge >= 0.3 is 0 Å². The molecule has 1 N–H and O–H groups in total. The minimum atomic E-state index is 0.00814. The summed E-state index contributed by atoms with van der Waals surface area (Å²) in [5.41, 5.74) is 1.88. The zero-order valence-electron chi connectivity index (χ0n) is 12.8. The van der Waals surface area contributed by atoms with Crippen LogP contribution in [-0.4, -0.2) is 11.9 Å². The van der Waals surface area contributed by atoms with Crippen molar-refractivity contribution >= 4 is 5.91 Å². The summed E-state index contributed by atoms with van der Waals surface area (Å²) in [4.78, 5) is 12.2.